The third kappa shape index (κ3) is 6.33. The number of anilines is 1. The normalized spacial score (nSPS) is 10.5. The number of hydrogen-bond donors (Lipinski definition) is 2. The number of nitrogens with one attached hydrogen (secondary N) is 2. The minimum absolute atomic E-state index is 0.0713. The monoisotopic (exact) mass is 516 g/mol. The van der Waals surface area contributed by atoms with Crippen molar-refractivity contribution in [2.45, 2.75) is 17.3 Å². The van der Waals surface area contributed by atoms with Gasteiger partial charge in [0.05, 0.1) is 25.8 Å². The van der Waals surface area contributed by atoms with E-state index in [1.807, 2.05) is 36.4 Å². The van der Waals surface area contributed by atoms with E-state index in [9.17, 15) is 9.59 Å². The quantitative estimate of drug-likeness (QED) is 0.167. The first kappa shape index (κ1) is 25.0. The molecule has 0 fully saturated rings. The van der Waals surface area contributed by atoms with E-state index < -0.39 is 5.56 Å². The Bertz CT molecular complexity index is 1500. The van der Waals surface area contributed by atoms with Crippen LogP contribution in [0.2, 0.25) is 5.02 Å². The molecule has 0 unspecified atom stereocenters. The highest BCUT2D eigenvalue weighted by Crippen LogP contribution is 2.30. The van der Waals surface area contributed by atoms with E-state index in [1.165, 1.54) is 11.8 Å². The van der Waals surface area contributed by atoms with Gasteiger partial charge in [0, 0.05) is 16.5 Å². The number of carbonyl (C=O) groups is 1. The van der Waals surface area contributed by atoms with Crippen LogP contribution in [0.15, 0.2) is 82.7 Å². The molecule has 180 valence electrons. The fraction of sp³-hybridized carbons (Fsp3) is 0.111. The van der Waals surface area contributed by atoms with Gasteiger partial charge >= 0.3 is 0 Å². The average Bonchev–Trinajstić information content (AvgIpc) is 2.88. The number of carbonyl (C=O) groups excluding carboxylic acids is 1. The molecule has 7 nitrogen and oxygen atoms in total. The Morgan fingerprint density at radius 3 is 2.64 bits per heavy atom. The molecule has 1 amide bonds. The molecule has 0 atom stereocenters. The molecule has 0 aliphatic carbocycles. The summed E-state index contributed by atoms with van der Waals surface area (Å²) >= 11 is 7.23. The van der Waals surface area contributed by atoms with Crippen LogP contribution >= 0.6 is 23.4 Å². The van der Waals surface area contributed by atoms with Crippen molar-refractivity contribution in [3.63, 3.8) is 0 Å². The maximum Gasteiger partial charge on any atom is 0.276 e. The molecular weight excluding hydrogens is 496 g/mol. The number of halogens is 1. The first-order chi connectivity index (χ1) is 17.4. The first-order valence-corrected chi connectivity index (χ1v) is 12.2. The predicted molar refractivity (Wildman–Crippen MR) is 143 cm³/mol. The van der Waals surface area contributed by atoms with Crippen molar-refractivity contribution in [2.24, 2.45) is 0 Å². The van der Waals surface area contributed by atoms with Gasteiger partial charge in [0.1, 0.15) is 5.75 Å². The van der Waals surface area contributed by atoms with Crippen molar-refractivity contribution in [3.05, 3.63) is 111 Å². The lowest BCUT2D eigenvalue weighted by Gasteiger charge is -2.09. The molecule has 0 aliphatic rings. The number of nitrogens with zero attached hydrogens (tertiary/aromatic N) is 2. The summed E-state index contributed by atoms with van der Waals surface area (Å²) in [5.74, 6) is 0.971. The Morgan fingerprint density at radius 1 is 1.11 bits per heavy atom. The number of aromatic nitrogens is 2. The number of H-pyrrole nitrogens is 1. The van der Waals surface area contributed by atoms with E-state index in [-0.39, 0.29) is 18.0 Å². The summed E-state index contributed by atoms with van der Waals surface area (Å²) in [6.45, 7) is 7.43. The molecule has 0 spiro atoms. The third-order valence-corrected chi connectivity index (χ3v) is 6.39. The lowest BCUT2D eigenvalue weighted by atomic mass is 10.1. The highest BCUT2D eigenvalue weighted by atomic mass is 35.5. The molecule has 1 heterocycles. The molecule has 0 aliphatic heterocycles. The standard InChI is InChI=1S/C27H21ClN4O3S/c1-29-25-24(19-6-4-8-22(15-19)35-2)31-27(32-26(25)34)36-16-18-5-3-7-21(13-18)30-23(33)14-17-9-11-20(28)12-10-17/h3-13,15H,14,16H2,2H3,(H,30,33)(H,31,32,34). The van der Waals surface area contributed by atoms with E-state index in [0.29, 0.717) is 38.6 Å². The number of benzene rings is 3. The van der Waals surface area contributed by atoms with Crippen LogP contribution in [0.4, 0.5) is 11.4 Å². The van der Waals surface area contributed by atoms with Crippen LogP contribution in [-0.4, -0.2) is 23.0 Å². The second-order valence-electron chi connectivity index (χ2n) is 7.75. The molecule has 0 radical (unpaired) electrons. The van der Waals surface area contributed by atoms with Crippen LogP contribution in [0.1, 0.15) is 11.1 Å². The molecular formula is C27H21ClN4O3S. The van der Waals surface area contributed by atoms with Gasteiger partial charge in [-0.1, -0.05) is 59.8 Å². The maximum atomic E-state index is 12.6. The van der Waals surface area contributed by atoms with Crippen LogP contribution in [0.3, 0.4) is 0 Å². The number of thioether (sulfide) groups is 1. The van der Waals surface area contributed by atoms with E-state index in [1.54, 1.807) is 43.5 Å². The number of hydrogen-bond acceptors (Lipinski definition) is 5. The summed E-state index contributed by atoms with van der Waals surface area (Å²) in [5, 5.41) is 3.93. The Labute approximate surface area is 217 Å². The lowest BCUT2D eigenvalue weighted by Crippen LogP contribution is -2.14. The van der Waals surface area contributed by atoms with Crippen LogP contribution < -0.4 is 15.6 Å². The minimum Gasteiger partial charge on any atom is -0.497 e. The topological polar surface area (TPSA) is 88.4 Å². The van der Waals surface area contributed by atoms with Gasteiger partial charge in [-0.15, -0.1) is 0 Å². The average molecular weight is 517 g/mol. The molecule has 36 heavy (non-hydrogen) atoms. The smallest absolute Gasteiger partial charge is 0.276 e. The lowest BCUT2D eigenvalue weighted by molar-refractivity contribution is -0.115. The number of rotatable bonds is 8. The summed E-state index contributed by atoms with van der Waals surface area (Å²) in [6, 6.07) is 21.7. The van der Waals surface area contributed by atoms with Crippen molar-refractivity contribution in [2.75, 3.05) is 12.4 Å². The van der Waals surface area contributed by atoms with Gasteiger partial charge < -0.3 is 15.0 Å². The molecule has 0 bridgehead atoms. The molecule has 4 aromatic rings. The second kappa shape index (κ2) is 11.6. The Hall–Kier alpha value is -4.06. The molecule has 0 saturated carbocycles. The van der Waals surface area contributed by atoms with E-state index in [4.69, 9.17) is 22.9 Å². The number of methoxy groups -OCH3 is 1. The zero-order valence-corrected chi connectivity index (χ0v) is 20.8. The summed E-state index contributed by atoms with van der Waals surface area (Å²) in [6.07, 6.45) is 0.238. The second-order valence-corrected chi connectivity index (χ2v) is 9.15. The van der Waals surface area contributed by atoms with Crippen molar-refractivity contribution >= 4 is 40.6 Å². The van der Waals surface area contributed by atoms with Crippen LogP contribution in [-0.2, 0) is 17.0 Å². The highest BCUT2D eigenvalue weighted by molar-refractivity contribution is 7.98. The van der Waals surface area contributed by atoms with Gasteiger partial charge in [0.25, 0.3) is 11.2 Å². The molecule has 2 N–H and O–H groups in total. The van der Waals surface area contributed by atoms with Gasteiger partial charge in [-0.2, -0.15) is 0 Å². The molecule has 0 saturated heterocycles. The van der Waals surface area contributed by atoms with Gasteiger partial charge in [-0.3, -0.25) is 9.59 Å². The van der Waals surface area contributed by atoms with Gasteiger partial charge in [-0.25, -0.2) is 9.83 Å². The van der Waals surface area contributed by atoms with Crippen molar-refractivity contribution in [1.82, 2.24) is 9.97 Å². The maximum absolute atomic E-state index is 12.6. The Balaban J connectivity index is 1.47. The minimum atomic E-state index is -0.497. The van der Waals surface area contributed by atoms with Crippen molar-refractivity contribution < 1.29 is 9.53 Å². The van der Waals surface area contributed by atoms with Crippen molar-refractivity contribution in [3.8, 4) is 17.0 Å². The molecule has 4 rings (SSSR count). The fourth-order valence-corrected chi connectivity index (χ4v) is 4.40. The summed E-state index contributed by atoms with van der Waals surface area (Å²) in [7, 11) is 1.55. The largest absolute Gasteiger partial charge is 0.497 e. The van der Waals surface area contributed by atoms with Crippen molar-refractivity contribution in [1.29, 1.82) is 0 Å². The van der Waals surface area contributed by atoms with Crippen LogP contribution in [0.5, 0.6) is 5.75 Å². The van der Waals surface area contributed by atoms with Gasteiger partial charge in [0.2, 0.25) is 5.91 Å². The molecule has 1 aromatic heterocycles. The van der Waals surface area contributed by atoms with E-state index in [0.717, 1.165) is 11.1 Å². The molecule has 9 heteroatoms. The number of aromatic amines is 1. The van der Waals surface area contributed by atoms with E-state index in [2.05, 4.69) is 20.1 Å². The van der Waals surface area contributed by atoms with Crippen LogP contribution in [0, 0.1) is 6.57 Å². The SMILES string of the molecule is [C-]#[N+]c1c(-c2cccc(OC)c2)nc(SCc2cccc(NC(=O)Cc3ccc(Cl)cc3)c2)[nH]c1=O. The highest BCUT2D eigenvalue weighted by Gasteiger charge is 2.15. The summed E-state index contributed by atoms with van der Waals surface area (Å²) < 4.78 is 5.26. The summed E-state index contributed by atoms with van der Waals surface area (Å²) in [5.41, 5.74) is 2.84. The van der Waals surface area contributed by atoms with Gasteiger partial charge in [0.15, 0.2) is 5.16 Å². The third-order valence-electron chi connectivity index (χ3n) is 5.19. The zero-order chi connectivity index (χ0) is 25.5. The fourth-order valence-electron chi connectivity index (χ4n) is 3.47. The van der Waals surface area contributed by atoms with Crippen LogP contribution in [0.25, 0.3) is 16.1 Å². The zero-order valence-electron chi connectivity index (χ0n) is 19.2. The molecule has 3 aromatic carbocycles. The Kier molecular flexibility index (Phi) is 8.06. The number of ether oxygens (including phenoxy) is 1. The summed E-state index contributed by atoms with van der Waals surface area (Å²) in [4.78, 5) is 35.6. The predicted octanol–water partition coefficient (Wildman–Crippen LogP) is 6.12. The van der Waals surface area contributed by atoms with Gasteiger partial charge in [-0.05, 0) is 53.1 Å². The Morgan fingerprint density at radius 2 is 1.89 bits per heavy atom. The van der Waals surface area contributed by atoms with E-state index >= 15 is 0 Å². The number of amides is 1. The first-order valence-electron chi connectivity index (χ1n) is 10.9.